The molecule has 0 radical (unpaired) electrons. The van der Waals surface area contributed by atoms with Gasteiger partial charge < -0.3 is 14.3 Å². The Kier molecular flexibility index (Phi) is 6.19. The molecule has 0 amide bonds. The average molecular weight is 385 g/mol. The van der Waals surface area contributed by atoms with Crippen LogP contribution < -0.4 is 5.43 Å². The Morgan fingerprint density at radius 3 is 2.68 bits per heavy atom. The molecule has 0 fully saturated rings. The Bertz CT molecular complexity index is 902. The molecule has 1 aliphatic rings. The molecular formula is C22H27NO5. The average Bonchev–Trinajstić information content (AvgIpc) is 2.68. The number of aromatic hydroxyl groups is 1. The number of carbonyl (C=O) groups excluding carboxylic acids is 1. The van der Waals surface area contributed by atoms with Gasteiger partial charge in [0.05, 0.1) is 20.1 Å². The highest BCUT2D eigenvalue weighted by Crippen LogP contribution is 2.33. The van der Waals surface area contributed by atoms with E-state index >= 15 is 0 Å². The Hall–Kier alpha value is -2.60. The lowest BCUT2D eigenvalue weighted by Gasteiger charge is -2.28. The van der Waals surface area contributed by atoms with Gasteiger partial charge in [-0.1, -0.05) is 38.1 Å². The van der Waals surface area contributed by atoms with Crippen LogP contribution in [0.15, 0.2) is 39.5 Å². The number of methoxy groups -OCH3 is 1. The third-order valence-electron chi connectivity index (χ3n) is 5.34. The van der Waals surface area contributed by atoms with Crippen molar-refractivity contribution in [3.63, 3.8) is 0 Å². The van der Waals surface area contributed by atoms with Crippen molar-refractivity contribution in [2.45, 2.75) is 45.7 Å². The molecule has 3 rings (SSSR count). The molecule has 1 aromatic heterocycles. The second-order valence-corrected chi connectivity index (χ2v) is 7.65. The van der Waals surface area contributed by atoms with E-state index in [1.165, 1.54) is 24.3 Å². The fourth-order valence-corrected chi connectivity index (χ4v) is 3.69. The van der Waals surface area contributed by atoms with Crippen molar-refractivity contribution in [3.8, 4) is 5.75 Å². The van der Waals surface area contributed by atoms with Gasteiger partial charge in [-0.25, -0.2) is 0 Å². The fourth-order valence-electron chi connectivity index (χ4n) is 3.69. The van der Waals surface area contributed by atoms with Gasteiger partial charge in [0.15, 0.2) is 5.76 Å². The normalized spacial score (nSPS) is 15.3. The largest absolute Gasteiger partial charge is 0.502 e. The van der Waals surface area contributed by atoms with Crippen molar-refractivity contribution in [2.24, 2.45) is 5.92 Å². The Morgan fingerprint density at radius 2 is 2.00 bits per heavy atom. The molecule has 1 atom stereocenters. The third-order valence-corrected chi connectivity index (χ3v) is 5.34. The van der Waals surface area contributed by atoms with Gasteiger partial charge in [-0.3, -0.25) is 14.5 Å². The molecule has 6 heteroatoms. The van der Waals surface area contributed by atoms with Crippen LogP contribution in [0.1, 0.15) is 48.8 Å². The van der Waals surface area contributed by atoms with E-state index in [4.69, 9.17) is 9.15 Å². The zero-order chi connectivity index (χ0) is 20.3. The van der Waals surface area contributed by atoms with Crippen molar-refractivity contribution in [1.82, 2.24) is 4.90 Å². The summed E-state index contributed by atoms with van der Waals surface area (Å²) in [6.07, 6.45) is 0.994. The van der Waals surface area contributed by atoms with E-state index in [-0.39, 0.29) is 18.1 Å². The van der Waals surface area contributed by atoms with Crippen LogP contribution in [-0.4, -0.2) is 29.6 Å². The quantitative estimate of drug-likeness (QED) is 0.769. The zero-order valence-corrected chi connectivity index (χ0v) is 16.6. The highest BCUT2D eigenvalue weighted by atomic mass is 16.5. The maximum Gasteiger partial charge on any atom is 0.306 e. The van der Waals surface area contributed by atoms with Crippen LogP contribution in [0, 0.1) is 5.92 Å². The van der Waals surface area contributed by atoms with Gasteiger partial charge in [0, 0.05) is 25.1 Å². The number of fused-ring (bicyclic) bond motifs is 1. The van der Waals surface area contributed by atoms with E-state index in [2.05, 4.69) is 17.0 Å². The highest BCUT2D eigenvalue weighted by molar-refractivity contribution is 5.70. The Labute approximate surface area is 164 Å². The summed E-state index contributed by atoms with van der Waals surface area (Å²) >= 11 is 0. The minimum Gasteiger partial charge on any atom is -0.502 e. The summed E-state index contributed by atoms with van der Waals surface area (Å²) in [5, 5.41) is 10.3. The molecule has 1 aliphatic heterocycles. The number of rotatable bonds is 6. The fraction of sp³-hybridized carbons (Fsp3) is 0.455. The van der Waals surface area contributed by atoms with Crippen molar-refractivity contribution < 1.29 is 19.1 Å². The first-order valence-corrected chi connectivity index (χ1v) is 9.61. The zero-order valence-electron chi connectivity index (χ0n) is 16.6. The number of ether oxygens (including phenoxy) is 1. The minimum absolute atomic E-state index is 0.00902. The molecule has 0 spiro atoms. The standard InChI is InChI=1S/C22H27NO5/c1-14(2)18(11-20(25)27-3)22-21(26)19(24)10-17(28-22)13-23-9-8-15-6-4-5-7-16(15)12-23/h4-7,10,14,18,26H,8-9,11-13H2,1-3H3/t18-/m0/s1. The summed E-state index contributed by atoms with van der Waals surface area (Å²) < 4.78 is 10.7. The van der Waals surface area contributed by atoms with Gasteiger partial charge in [0.1, 0.15) is 5.76 Å². The predicted octanol–water partition coefficient (Wildman–Crippen LogP) is 3.21. The van der Waals surface area contributed by atoms with Crippen LogP contribution in [0.3, 0.4) is 0 Å². The maximum absolute atomic E-state index is 12.3. The molecule has 0 saturated carbocycles. The molecule has 0 aliphatic carbocycles. The van der Waals surface area contributed by atoms with Gasteiger partial charge in [0.2, 0.25) is 11.2 Å². The molecule has 0 saturated heterocycles. The van der Waals surface area contributed by atoms with Crippen molar-refractivity contribution in [1.29, 1.82) is 0 Å². The molecule has 0 unspecified atom stereocenters. The number of benzene rings is 1. The van der Waals surface area contributed by atoms with Crippen LogP contribution in [-0.2, 0) is 29.0 Å². The predicted molar refractivity (Wildman–Crippen MR) is 105 cm³/mol. The number of esters is 1. The number of carbonyl (C=O) groups is 1. The van der Waals surface area contributed by atoms with Crippen LogP contribution >= 0.6 is 0 Å². The molecule has 2 aromatic rings. The molecular weight excluding hydrogens is 358 g/mol. The van der Waals surface area contributed by atoms with Crippen molar-refractivity contribution in [3.05, 3.63) is 63.2 Å². The molecule has 2 heterocycles. The van der Waals surface area contributed by atoms with Gasteiger partial charge in [-0.05, 0) is 23.5 Å². The van der Waals surface area contributed by atoms with E-state index in [0.717, 1.165) is 19.5 Å². The van der Waals surface area contributed by atoms with Gasteiger partial charge >= 0.3 is 5.97 Å². The first kappa shape index (κ1) is 20.1. The van der Waals surface area contributed by atoms with Crippen LogP contribution in [0.5, 0.6) is 5.75 Å². The van der Waals surface area contributed by atoms with Crippen LogP contribution in [0.2, 0.25) is 0 Å². The summed E-state index contributed by atoms with van der Waals surface area (Å²) in [5.74, 6) is -0.602. The summed E-state index contributed by atoms with van der Waals surface area (Å²) in [4.78, 5) is 26.3. The third kappa shape index (κ3) is 4.44. The monoisotopic (exact) mass is 385 g/mol. The van der Waals surface area contributed by atoms with Gasteiger partial charge in [-0.2, -0.15) is 0 Å². The maximum atomic E-state index is 12.3. The first-order chi connectivity index (χ1) is 13.4. The smallest absolute Gasteiger partial charge is 0.306 e. The molecule has 6 nitrogen and oxygen atoms in total. The summed E-state index contributed by atoms with van der Waals surface area (Å²) in [7, 11) is 1.32. The van der Waals surface area contributed by atoms with Gasteiger partial charge in [0.25, 0.3) is 0 Å². The van der Waals surface area contributed by atoms with E-state index in [1.54, 1.807) is 0 Å². The number of nitrogens with zero attached hydrogens (tertiary/aromatic N) is 1. The summed E-state index contributed by atoms with van der Waals surface area (Å²) in [6, 6.07) is 9.68. The number of hydrogen-bond acceptors (Lipinski definition) is 6. The Morgan fingerprint density at radius 1 is 1.29 bits per heavy atom. The second kappa shape index (κ2) is 8.61. The first-order valence-electron chi connectivity index (χ1n) is 9.61. The summed E-state index contributed by atoms with van der Waals surface area (Å²) in [5.41, 5.74) is 2.15. The van der Waals surface area contributed by atoms with Crippen LogP contribution in [0.25, 0.3) is 0 Å². The molecule has 0 bridgehead atoms. The molecule has 150 valence electrons. The molecule has 1 aromatic carbocycles. The number of hydrogen-bond donors (Lipinski definition) is 1. The Balaban J connectivity index is 1.85. The van der Waals surface area contributed by atoms with E-state index in [0.29, 0.717) is 12.3 Å². The molecule has 28 heavy (non-hydrogen) atoms. The topological polar surface area (TPSA) is 80.0 Å². The second-order valence-electron chi connectivity index (χ2n) is 7.65. The van der Waals surface area contributed by atoms with Crippen molar-refractivity contribution in [2.75, 3.05) is 13.7 Å². The van der Waals surface area contributed by atoms with Gasteiger partial charge in [-0.15, -0.1) is 0 Å². The molecule has 1 N–H and O–H groups in total. The lowest BCUT2D eigenvalue weighted by atomic mass is 9.89. The van der Waals surface area contributed by atoms with E-state index in [1.807, 2.05) is 26.0 Å². The van der Waals surface area contributed by atoms with Crippen molar-refractivity contribution >= 4 is 5.97 Å². The summed E-state index contributed by atoms with van der Waals surface area (Å²) in [6.45, 7) is 5.96. The highest BCUT2D eigenvalue weighted by Gasteiger charge is 2.28. The lowest BCUT2D eigenvalue weighted by molar-refractivity contribution is -0.141. The SMILES string of the molecule is COC(=O)C[C@H](c1oc(CN2CCc3ccccc3C2)cc(=O)c1O)C(C)C. The lowest BCUT2D eigenvalue weighted by Crippen LogP contribution is -2.30. The van der Waals surface area contributed by atoms with Crippen LogP contribution in [0.4, 0.5) is 0 Å². The van der Waals surface area contributed by atoms with E-state index < -0.39 is 23.1 Å². The van der Waals surface area contributed by atoms with E-state index in [9.17, 15) is 14.7 Å². The minimum atomic E-state index is -0.482.